The number of halogens is 1. The summed E-state index contributed by atoms with van der Waals surface area (Å²) in [5, 5.41) is 12.1. The van der Waals surface area contributed by atoms with Crippen molar-refractivity contribution in [3.05, 3.63) is 95.3 Å². The molecule has 4 aromatic rings. The van der Waals surface area contributed by atoms with Crippen LogP contribution in [0.15, 0.2) is 79.1 Å². The van der Waals surface area contributed by atoms with Gasteiger partial charge in [0.1, 0.15) is 17.6 Å². The van der Waals surface area contributed by atoms with Crippen LogP contribution >= 0.6 is 11.6 Å². The monoisotopic (exact) mass is 475 g/mol. The minimum Gasteiger partial charge on any atom is -0.478 e. The van der Waals surface area contributed by atoms with E-state index < -0.39 is 18.2 Å². The number of hydrogen-bond donors (Lipinski definition) is 2. The molecule has 1 aromatic heterocycles. The molecule has 3 aromatic carbocycles. The average Bonchev–Trinajstić information content (AvgIpc) is 3.19. The van der Waals surface area contributed by atoms with E-state index in [0.717, 1.165) is 22.3 Å². The number of amides is 1. The first-order valence-electron chi connectivity index (χ1n) is 10.5. The summed E-state index contributed by atoms with van der Waals surface area (Å²) in [5.41, 5.74) is 4.00. The Labute approximate surface area is 201 Å². The fourth-order valence-electron chi connectivity index (χ4n) is 3.56. The average molecular weight is 476 g/mol. The van der Waals surface area contributed by atoms with E-state index in [1.807, 2.05) is 61.5 Å². The van der Waals surface area contributed by atoms with Crippen LogP contribution in [0.4, 0.5) is 10.6 Å². The number of rotatable bonds is 6. The Morgan fingerprint density at radius 2 is 1.65 bits per heavy atom. The number of aromatic carboxylic acids is 1. The summed E-state index contributed by atoms with van der Waals surface area (Å²) in [7, 11) is 1.78. The molecule has 0 aliphatic rings. The molecule has 172 valence electrons. The van der Waals surface area contributed by atoms with Gasteiger partial charge in [-0.3, -0.25) is 5.32 Å². The van der Waals surface area contributed by atoms with Gasteiger partial charge in [0.15, 0.2) is 0 Å². The van der Waals surface area contributed by atoms with Crippen LogP contribution in [0.25, 0.3) is 22.4 Å². The van der Waals surface area contributed by atoms with Gasteiger partial charge in [-0.05, 0) is 35.7 Å². The molecule has 2 N–H and O–H groups in total. The van der Waals surface area contributed by atoms with E-state index in [-0.39, 0.29) is 10.6 Å². The highest BCUT2D eigenvalue weighted by molar-refractivity contribution is 6.33. The topological polar surface area (TPSA) is 93.4 Å². The Morgan fingerprint density at radius 1 is 1.00 bits per heavy atom. The first kappa shape index (κ1) is 23.1. The molecule has 0 saturated heterocycles. The van der Waals surface area contributed by atoms with Gasteiger partial charge in [0.05, 0.1) is 16.9 Å². The molecule has 1 heterocycles. The summed E-state index contributed by atoms with van der Waals surface area (Å²) in [6.45, 7) is 1.81. The van der Waals surface area contributed by atoms with E-state index in [4.69, 9.17) is 21.4 Å². The van der Waals surface area contributed by atoms with Gasteiger partial charge in [-0.15, -0.1) is 0 Å². The zero-order valence-corrected chi connectivity index (χ0v) is 19.3. The Bertz CT molecular complexity index is 1330. The van der Waals surface area contributed by atoms with Crippen molar-refractivity contribution in [1.82, 2.24) is 9.55 Å². The van der Waals surface area contributed by atoms with Crippen molar-refractivity contribution in [2.45, 2.75) is 13.0 Å². The third-order valence-corrected chi connectivity index (χ3v) is 5.71. The molecular formula is C26H22ClN3O4. The van der Waals surface area contributed by atoms with Crippen molar-refractivity contribution in [3.63, 3.8) is 0 Å². The molecule has 0 radical (unpaired) electrons. The molecule has 7 nitrogen and oxygen atoms in total. The lowest BCUT2D eigenvalue weighted by Gasteiger charge is -2.15. The standard InChI is InChI=1S/C26H22ClN3O4/c1-16(17-6-4-3-5-7-17)34-26(33)29-24-23(28-15-30(24)2)19-10-8-18(9-11-19)20-12-13-21(25(31)32)22(27)14-20/h3-16H,1-2H3,(H,29,33)(H,31,32). The van der Waals surface area contributed by atoms with Crippen molar-refractivity contribution in [3.8, 4) is 22.4 Å². The molecule has 0 aliphatic heterocycles. The maximum Gasteiger partial charge on any atom is 0.413 e. The Balaban J connectivity index is 1.52. The first-order valence-corrected chi connectivity index (χ1v) is 10.9. The molecule has 1 unspecified atom stereocenters. The van der Waals surface area contributed by atoms with Gasteiger partial charge in [0.2, 0.25) is 0 Å². The highest BCUT2D eigenvalue weighted by Crippen LogP contribution is 2.31. The maximum atomic E-state index is 12.5. The van der Waals surface area contributed by atoms with Crippen LogP contribution in [0, 0.1) is 0 Å². The van der Waals surface area contributed by atoms with E-state index in [0.29, 0.717) is 11.5 Å². The number of ether oxygens (including phenoxy) is 1. The molecule has 0 bridgehead atoms. The largest absolute Gasteiger partial charge is 0.478 e. The normalized spacial score (nSPS) is 11.6. The fourth-order valence-corrected chi connectivity index (χ4v) is 3.82. The number of nitrogens with zero attached hydrogens (tertiary/aromatic N) is 2. The van der Waals surface area contributed by atoms with Gasteiger partial charge in [-0.25, -0.2) is 14.6 Å². The van der Waals surface area contributed by atoms with Crippen molar-refractivity contribution in [2.75, 3.05) is 5.32 Å². The third-order valence-electron chi connectivity index (χ3n) is 5.40. The number of benzene rings is 3. The number of carboxylic acid groups (broad SMARTS) is 1. The van der Waals surface area contributed by atoms with E-state index in [9.17, 15) is 9.59 Å². The van der Waals surface area contributed by atoms with Crippen LogP contribution in [0.2, 0.25) is 5.02 Å². The number of aryl methyl sites for hydroxylation is 1. The zero-order valence-electron chi connectivity index (χ0n) is 18.5. The number of carbonyl (C=O) groups is 2. The van der Waals surface area contributed by atoms with Crippen LogP contribution < -0.4 is 5.32 Å². The van der Waals surface area contributed by atoms with Crippen LogP contribution in [0.1, 0.15) is 28.9 Å². The highest BCUT2D eigenvalue weighted by Gasteiger charge is 2.18. The molecule has 34 heavy (non-hydrogen) atoms. The first-order chi connectivity index (χ1) is 16.3. The van der Waals surface area contributed by atoms with Gasteiger partial charge in [-0.2, -0.15) is 0 Å². The zero-order chi connectivity index (χ0) is 24.2. The summed E-state index contributed by atoms with van der Waals surface area (Å²) in [4.78, 5) is 28.2. The number of carbonyl (C=O) groups excluding carboxylic acids is 1. The van der Waals surface area contributed by atoms with Crippen molar-refractivity contribution in [2.24, 2.45) is 7.05 Å². The van der Waals surface area contributed by atoms with Gasteiger partial charge < -0.3 is 14.4 Å². The number of carboxylic acids is 1. The molecule has 0 spiro atoms. The smallest absolute Gasteiger partial charge is 0.413 e. The molecule has 0 saturated carbocycles. The summed E-state index contributed by atoms with van der Waals surface area (Å²) in [6.07, 6.45) is 0.631. The lowest BCUT2D eigenvalue weighted by molar-refractivity contribution is 0.0697. The summed E-state index contributed by atoms with van der Waals surface area (Å²) < 4.78 is 7.24. The number of nitrogens with one attached hydrogen (secondary N) is 1. The van der Waals surface area contributed by atoms with Gasteiger partial charge in [0, 0.05) is 12.6 Å². The molecule has 1 amide bonds. The second-order valence-corrected chi connectivity index (χ2v) is 8.12. The van der Waals surface area contributed by atoms with E-state index >= 15 is 0 Å². The lowest BCUT2D eigenvalue weighted by Crippen LogP contribution is -2.18. The van der Waals surface area contributed by atoms with Crippen molar-refractivity contribution >= 4 is 29.5 Å². The van der Waals surface area contributed by atoms with Crippen LogP contribution in [0.5, 0.6) is 0 Å². The van der Waals surface area contributed by atoms with Crippen molar-refractivity contribution < 1.29 is 19.4 Å². The minimum absolute atomic E-state index is 0.0553. The SMILES string of the molecule is CC(OC(=O)Nc1c(-c2ccc(-c3ccc(C(=O)O)c(Cl)c3)cc2)ncn1C)c1ccccc1. The van der Waals surface area contributed by atoms with Crippen LogP contribution in [-0.4, -0.2) is 26.7 Å². The number of aromatic nitrogens is 2. The molecular weight excluding hydrogens is 454 g/mol. The predicted molar refractivity (Wildman–Crippen MR) is 131 cm³/mol. The maximum absolute atomic E-state index is 12.5. The Kier molecular flexibility index (Phi) is 6.65. The number of imidazole rings is 1. The van der Waals surface area contributed by atoms with Gasteiger partial charge >= 0.3 is 12.1 Å². The second-order valence-electron chi connectivity index (χ2n) is 7.71. The second kappa shape index (κ2) is 9.80. The molecule has 4 rings (SSSR count). The Morgan fingerprint density at radius 3 is 2.29 bits per heavy atom. The van der Waals surface area contributed by atoms with Gasteiger partial charge in [0.25, 0.3) is 0 Å². The number of hydrogen-bond acceptors (Lipinski definition) is 4. The molecule has 0 fully saturated rings. The van der Waals surface area contributed by atoms with E-state index in [2.05, 4.69) is 10.3 Å². The van der Waals surface area contributed by atoms with Crippen LogP contribution in [-0.2, 0) is 11.8 Å². The predicted octanol–water partition coefficient (Wildman–Crippen LogP) is 6.42. The summed E-state index contributed by atoms with van der Waals surface area (Å²) in [5.74, 6) is -0.564. The molecule has 1 atom stereocenters. The minimum atomic E-state index is -1.07. The van der Waals surface area contributed by atoms with Gasteiger partial charge in [-0.1, -0.05) is 72.3 Å². The number of anilines is 1. The molecule has 8 heteroatoms. The third kappa shape index (κ3) is 4.94. The summed E-state index contributed by atoms with van der Waals surface area (Å²) in [6, 6.07) is 21.8. The Hall–Kier alpha value is -4.10. The molecule has 0 aliphatic carbocycles. The fraction of sp³-hybridized carbons (Fsp3) is 0.115. The quantitative estimate of drug-likeness (QED) is 0.336. The summed E-state index contributed by atoms with van der Waals surface area (Å²) >= 11 is 6.10. The lowest BCUT2D eigenvalue weighted by atomic mass is 10.0. The van der Waals surface area contributed by atoms with Crippen LogP contribution in [0.3, 0.4) is 0 Å². The van der Waals surface area contributed by atoms with Crippen molar-refractivity contribution in [1.29, 1.82) is 0 Å². The van der Waals surface area contributed by atoms with E-state index in [1.165, 1.54) is 6.07 Å². The van der Waals surface area contributed by atoms with E-state index in [1.54, 1.807) is 30.1 Å². The highest BCUT2D eigenvalue weighted by atomic mass is 35.5.